The van der Waals surface area contributed by atoms with E-state index in [2.05, 4.69) is 48.2 Å². The highest BCUT2D eigenvalue weighted by Crippen LogP contribution is 2.30. The van der Waals surface area contributed by atoms with Crippen LogP contribution in [0, 0.1) is 0 Å². The Hall–Kier alpha value is -3.48. The van der Waals surface area contributed by atoms with Gasteiger partial charge in [-0.25, -0.2) is 9.97 Å². The van der Waals surface area contributed by atoms with Crippen molar-refractivity contribution in [3.63, 3.8) is 0 Å². The molecule has 1 aromatic carbocycles. The molecule has 7 nitrogen and oxygen atoms in total. The van der Waals surface area contributed by atoms with Gasteiger partial charge in [-0.2, -0.15) is 0 Å². The van der Waals surface area contributed by atoms with E-state index in [4.69, 9.17) is 10.5 Å². The third-order valence-electron chi connectivity index (χ3n) is 4.59. The lowest BCUT2D eigenvalue weighted by Crippen LogP contribution is -2.33. The fraction of sp³-hybridized carbons (Fsp3) is 0.273. The third-order valence-corrected chi connectivity index (χ3v) is 4.59. The molecule has 0 saturated heterocycles. The van der Waals surface area contributed by atoms with Gasteiger partial charge >= 0.3 is 0 Å². The van der Waals surface area contributed by atoms with Crippen LogP contribution in [-0.2, 0) is 10.2 Å². The summed E-state index contributed by atoms with van der Waals surface area (Å²) in [6.45, 7) is 6.24. The molecule has 0 spiro atoms. The molecule has 7 heteroatoms. The predicted molar refractivity (Wildman–Crippen MR) is 112 cm³/mol. The number of rotatable bonds is 5. The second-order valence-corrected chi connectivity index (χ2v) is 7.75. The Morgan fingerprint density at radius 3 is 2.38 bits per heavy atom. The zero-order chi connectivity index (χ0) is 21.2. The molecule has 2 amide bonds. The van der Waals surface area contributed by atoms with Crippen molar-refractivity contribution in [3.05, 3.63) is 53.9 Å². The van der Waals surface area contributed by atoms with Gasteiger partial charge in [-0.05, 0) is 23.1 Å². The van der Waals surface area contributed by atoms with Crippen LogP contribution in [0.15, 0.2) is 42.6 Å². The van der Waals surface area contributed by atoms with Crippen LogP contribution in [-0.4, -0.2) is 35.4 Å². The number of hydrogen-bond donors (Lipinski definition) is 2. The summed E-state index contributed by atoms with van der Waals surface area (Å²) in [6.07, 6.45) is 1.52. The van der Waals surface area contributed by atoms with E-state index in [-0.39, 0.29) is 17.7 Å². The van der Waals surface area contributed by atoms with Crippen LogP contribution in [0.1, 0.15) is 36.8 Å². The van der Waals surface area contributed by atoms with Gasteiger partial charge in [0.15, 0.2) is 11.4 Å². The van der Waals surface area contributed by atoms with E-state index in [1.807, 2.05) is 24.3 Å². The Balaban J connectivity index is 1.98. The van der Waals surface area contributed by atoms with Crippen LogP contribution in [0.3, 0.4) is 0 Å². The van der Waals surface area contributed by atoms with Crippen molar-refractivity contribution in [2.24, 2.45) is 5.73 Å². The normalized spacial score (nSPS) is 11.3. The number of nitrogens with one attached hydrogen (secondary N) is 1. The first kappa shape index (κ1) is 20.3. The fourth-order valence-electron chi connectivity index (χ4n) is 3.00. The highest BCUT2D eigenvalue weighted by molar-refractivity contribution is 6.02. The van der Waals surface area contributed by atoms with E-state index >= 15 is 0 Å². The minimum atomic E-state index is -0.637. The highest BCUT2D eigenvalue weighted by atomic mass is 16.5. The number of nitrogens with zero attached hydrogens (tertiary/aromatic N) is 2. The monoisotopic (exact) mass is 392 g/mol. The molecule has 0 saturated carbocycles. The third kappa shape index (κ3) is 4.34. The number of carbonyl (C=O) groups excluding carboxylic acids is 2. The van der Waals surface area contributed by atoms with Crippen molar-refractivity contribution in [3.8, 4) is 17.0 Å². The molecular formula is C22H24N4O3. The van der Waals surface area contributed by atoms with Gasteiger partial charge in [0.2, 0.25) is 5.91 Å². The minimum absolute atomic E-state index is 0.0744. The Kier molecular flexibility index (Phi) is 5.50. The Morgan fingerprint density at radius 1 is 1.10 bits per heavy atom. The first-order valence-electron chi connectivity index (χ1n) is 9.22. The lowest BCUT2D eigenvalue weighted by atomic mass is 9.86. The second kappa shape index (κ2) is 7.87. The van der Waals surface area contributed by atoms with Crippen LogP contribution in [0.5, 0.6) is 5.75 Å². The number of amides is 2. The van der Waals surface area contributed by atoms with Crippen molar-refractivity contribution in [2.75, 3.05) is 13.7 Å². The molecule has 0 unspecified atom stereocenters. The Bertz CT molecular complexity index is 1070. The van der Waals surface area contributed by atoms with Gasteiger partial charge < -0.3 is 15.8 Å². The number of carbonyl (C=O) groups is 2. The molecule has 0 bridgehead atoms. The standard InChI is InChI=1S/C22H24N4O3/c1-22(2,3)14-7-5-13(6-8-14)16-10-9-15-17(26-16)11-24-19(20(15)29-4)21(28)25-12-18(23)27/h5-11H,12H2,1-4H3,(H2,23,27)(H,25,28). The molecule has 0 radical (unpaired) electrons. The van der Waals surface area contributed by atoms with Gasteiger partial charge in [0, 0.05) is 10.9 Å². The van der Waals surface area contributed by atoms with Crippen molar-refractivity contribution in [2.45, 2.75) is 26.2 Å². The SMILES string of the molecule is COc1c(C(=O)NCC(N)=O)ncc2nc(-c3ccc(C(C)(C)C)cc3)ccc12. The van der Waals surface area contributed by atoms with E-state index in [0.29, 0.717) is 16.7 Å². The number of benzene rings is 1. The van der Waals surface area contributed by atoms with Crippen LogP contribution in [0.25, 0.3) is 22.2 Å². The second-order valence-electron chi connectivity index (χ2n) is 7.75. The average Bonchev–Trinajstić information content (AvgIpc) is 2.70. The molecule has 3 aromatic rings. The van der Waals surface area contributed by atoms with Gasteiger partial charge in [0.1, 0.15) is 0 Å². The van der Waals surface area contributed by atoms with Crippen LogP contribution in [0.2, 0.25) is 0 Å². The minimum Gasteiger partial charge on any atom is -0.494 e. The number of hydrogen-bond acceptors (Lipinski definition) is 5. The molecule has 2 aromatic heterocycles. The summed E-state index contributed by atoms with van der Waals surface area (Å²) in [4.78, 5) is 32.0. The maximum absolute atomic E-state index is 12.3. The fourth-order valence-corrected chi connectivity index (χ4v) is 3.00. The molecule has 0 aliphatic carbocycles. The predicted octanol–water partition coefficient (Wildman–Crippen LogP) is 2.82. The topological polar surface area (TPSA) is 107 Å². The maximum Gasteiger partial charge on any atom is 0.274 e. The molecule has 0 aliphatic heterocycles. The summed E-state index contributed by atoms with van der Waals surface area (Å²) in [7, 11) is 1.46. The molecule has 29 heavy (non-hydrogen) atoms. The molecular weight excluding hydrogens is 368 g/mol. The largest absolute Gasteiger partial charge is 0.494 e. The lowest BCUT2D eigenvalue weighted by Gasteiger charge is -2.19. The number of nitrogens with two attached hydrogens (primary N) is 1. The maximum atomic E-state index is 12.3. The number of pyridine rings is 2. The Labute approximate surface area is 169 Å². The van der Waals surface area contributed by atoms with Crippen molar-refractivity contribution >= 4 is 22.7 Å². The van der Waals surface area contributed by atoms with Crippen LogP contribution < -0.4 is 15.8 Å². The number of ether oxygens (including phenoxy) is 1. The molecule has 2 heterocycles. The summed E-state index contributed by atoms with van der Waals surface area (Å²) in [6, 6.07) is 12.0. The van der Waals surface area contributed by atoms with E-state index in [9.17, 15) is 9.59 Å². The Morgan fingerprint density at radius 2 is 1.79 bits per heavy atom. The summed E-state index contributed by atoms with van der Waals surface area (Å²) in [5.74, 6) is -0.877. The van der Waals surface area contributed by atoms with E-state index < -0.39 is 11.8 Å². The van der Waals surface area contributed by atoms with E-state index in [1.54, 1.807) is 0 Å². The van der Waals surface area contributed by atoms with Crippen LogP contribution >= 0.6 is 0 Å². The quantitative estimate of drug-likeness (QED) is 0.694. The van der Waals surface area contributed by atoms with Crippen molar-refractivity contribution in [1.82, 2.24) is 15.3 Å². The molecule has 0 fully saturated rings. The van der Waals surface area contributed by atoms with Gasteiger partial charge in [-0.1, -0.05) is 45.0 Å². The molecule has 3 rings (SSSR count). The molecule has 0 aliphatic rings. The summed E-state index contributed by atoms with van der Waals surface area (Å²) in [5, 5.41) is 3.07. The molecule has 0 atom stereocenters. The molecule has 150 valence electrons. The highest BCUT2D eigenvalue weighted by Gasteiger charge is 2.19. The van der Waals surface area contributed by atoms with E-state index in [0.717, 1.165) is 11.3 Å². The first-order chi connectivity index (χ1) is 13.7. The zero-order valence-electron chi connectivity index (χ0n) is 16.9. The van der Waals surface area contributed by atoms with Crippen LogP contribution in [0.4, 0.5) is 0 Å². The number of primary amides is 1. The smallest absolute Gasteiger partial charge is 0.274 e. The lowest BCUT2D eigenvalue weighted by molar-refractivity contribution is -0.117. The summed E-state index contributed by atoms with van der Waals surface area (Å²) in [5.41, 5.74) is 8.86. The number of methoxy groups -OCH3 is 1. The summed E-state index contributed by atoms with van der Waals surface area (Å²) >= 11 is 0. The van der Waals surface area contributed by atoms with E-state index in [1.165, 1.54) is 18.9 Å². The number of fused-ring (bicyclic) bond motifs is 1. The number of aromatic nitrogens is 2. The first-order valence-corrected chi connectivity index (χ1v) is 9.22. The van der Waals surface area contributed by atoms with Crippen molar-refractivity contribution in [1.29, 1.82) is 0 Å². The van der Waals surface area contributed by atoms with Gasteiger partial charge in [0.25, 0.3) is 5.91 Å². The average molecular weight is 392 g/mol. The van der Waals surface area contributed by atoms with Gasteiger partial charge in [-0.15, -0.1) is 0 Å². The van der Waals surface area contributed by atoms with Gasteiger partial charge in [-0.3, -0.25) is 9.59 Å². The zero-order valence-corrected chi connectivity index (χ0v) is 16.9. The van der Waals surface area contributed by atoms with Gasteiger partial charge in [0.05, 0.1) is 31.1 Å². The van der Waals surface area contributed by atoms with Crippen molar-refractivity contribution < 1.29 is 14.3 Å². The molecule has 3 N–H and O–H groups in total. The summed E-state index contributed by atoms with van der Waals surface area (Å²) < 4.78 is 5.41.